The highest BCUT2D eigenvalue weighted by Crippen LogP contribution is 2.17. The van der Waals surface area contributed by atoms with E-state index in [9.17, 15) is 4.79 Å². The van der Waals surface area contributed by atoms with Gasteiger partial charge in [-0.1, -0.05) is 19.4 Å². The zero-order chi connectivity index (χ0) is 13.5. The lowest BCUT2D eigenvalue weighted by Crippen LogP contribution is -2.23. The third-order valence-electron chi connectivity index (χ3n) is 2.82. The van der Waals surface area contributed by atoms with Crippen LogP contribution < -0.4 is 5.32 Å². The van der Waals surface area contributed by atoms with Crippen LogP contribution in [0.15, 0.2) is 18.2 Å². The number of carboxylic acids is 1. The Kier molecular flexibility index (Phi) is 5.19. The van der Waals surface area contributed by atoms with Gasteiger partial charge < -0.3 is 10.4 Å². The molecule has 4 nitrogen and oxygen atoms in total. The molecule has 0 heterocycles. The molecule has 0 amide bonds. The van der Waals surface area contributed by atoms with E-state index in [0.29, 0.717) is 24.2 Å². The number of hydrogen-bond acceptors (Lipinski definition) is 3. The first kappa shape index (κ1) is 14.0. The third kappa shape index (κ3) is 3.77. The molecule has 1 rings (SSSR count). The van der Waals surface area contributed by atoms with Crippen molar-refractivity contribution in [3.05, 3.63) is 29.3 Å². The van der Waals surface area contributed by atoms with Gasteiger partial charge >= 0.3 is 5.97 Å². The number of nitrogens with zero attached hydrogens (tertiary/aromatic N) is 1. The molecule has 0 aliphatic heterocycles. The minimum absolute atomic E-state index is 0.348. The van der Waals surface area contributed by atoms with E-state index in [1.54, 1.807) is 6.07 Å². The quantitative estimate of drug-likeness (QED) is 0.809. The molecule has 0 aromatic heterocycles. The summed E-state index contributed by atoms with van der Waals surface area (Å²) in [6, 6.07) is 7.62. The SMILES string of the molecule is CCCC(CNc1ccc(C)cc1C#N)C(=O)O. The van der Waals surface area contributed by atoms with Crippen molar-refractivity contribution in [2.45, 2.75) is 26.7 Å². The molecule has 2 N–H and O–H groups in total. The first-order valence-corrected chi connectivity index (χ1v) is 6.06. The first-order chi connectivity index (χ1) is 8.58. The molecule has 0 radical (unpaired) electrons. The molecule has 0 spiro atoms. The van der Waals surface area contributed by atoms with Gasteiger partial charge in [0.1, 0.15) is 6.07 Å². The highest BCUT2D eigenvalue weighted by Gasteiger charge is 2.16. The van der Waals surface area contributed by atoms with Crippen LogP contribution in [0.3, 0.4) is 0 Å². The predicted molar refractivity (Wildman–Crippen MR) is 70.4 cm³/mol. The van der Waals surface area contributed by atoms with Crippen LogP contribution in [0.25, 0.3) is 0 Å². The van der Waals surface area contributed by atoms with Crippen LogP contribution in [-0.4, -0.2) is 17.6 Å². The smallest absolute Gasteiger partial charge is 0.308 e. The van der Waals surface area contributed by atoms with Gasteiger partial charge in [-0.25, -0.2) is 0 Å². The van der Waals surface area contributed by atoms with E-state index < -0.39 is 11.9 Å². The highest BCUT2D eigenvalue weighted by atomic mass is 16.4. The highest BCUT2D eigenvalue weighted by molar-refractivity contribution is 5.71. The molecule has 0 saturated heterocycles. The van der Waals surface area contributed by atoms with Crippen LogP contribution >= 0.6 is 0 Å². The number of aryl methyl sites for hydroxylation is 1. The summed E-state index contributed by atoms with van der Waals surface area (Å²) in [7, 11) is 0. The molecule has 96 valence electrons. The van der Waals surface area contributed by atoms with Crippen LogP contribution in [0.2, 0.25) is 0 Å². The first-order valence-electron chi connectivity index (χ1n) is 6.06. The minimum Gasteiger partial charge on any atom is -0.481 e. The van der Waals surface area contributed by atoms with Crippen molar-refractivity contribution < 1.29 is 9.90 Å². The van der Waals surface area contributed by atoms with E-state index in [2.05, 4.69) is 11.4 Å². The summed E-state index contributed by atoms with van der Waals surface area (Å²) >= 11 is 0. The number of aliphatic carboxylic acids is 1. The van der Waals surface area contributed by atoms with E-state index in [0.717, 1.165) is 12.0 Å². The van der Waals surface area contributed by atoms with Crippen molar-refractivity contribution >= 4 is 11.7 Å². The Morgan fingerprint density at radius 3 is 2.83 bits per heavy atom. The number of anilines is 1. The summed E-state index contributed by atoms with van der Waals surface area (Å²) in [6.45, 7) is 4.23. The Morgan fingerprint density at radius 1 is 1.56 bits per heavy atom. The monoisotopic (exact) mass is 246 g/mol. The molecule has 0 aliphatic carbocycles. The van der Waals surface area contributed by atoms with Gasteiger partial charge in [-0.15, -0.1) is 0 Å². The molecular formula is C14H18N2O2. The van der Waals surface area contributed by atoms with Gasteiger partial charge in [0.25, 0.3) is 0 Å². The topological polar surface area (TPSA) is 73.1 Å². The van der Waals surface area contributed by atoms with Crippen molar-refractivity contribution in [3.63, 3.8) is 0 Å². The summed E-state index contributed by atoms with van der Waals surface area (Å²) in [5.41, 5.74) is 2.27. The van der Waals surface area contributed by atoms with Crippen molar-refractivity contribution in [2.75, 3.05) is 11.9 Å². The molecule has 0 fully saturated rings. The number of carbonyl (C=O) groups is 1. The van der Waals surface area contributed by atoms with Crippen molar-refractivity contribution in [2.24, 2.45) is 5.92 Å². The van der Waals surface area contributed by atoms with Gasteiger partial charge in [-0.3, -0.25) is 4.79 Å². The summed E-state index contributed by atoms with van der Waals surface area (Å²) < 4.78 is 0. The van der Waals surface area contributed by atoms with Gasteiger partial charge in [-0.2, -0.15) is 5.26 Å². The number of benzene rings is 1. The molecule has 1 aromatic rings. The van der Waals surface area contributed by atoms with Gasteiger partial charge in [0.05, 0.1) is 17.2 Å². The van der Waals surface area contributed by atoms with Gasteiger partial charge in [0, 0.05) is 6.54 Å². The predicted octanol–water partition coefficient (Wildman–Crippen LogP) is 2.78. The fourth-order valence-corrected chi connectivity index (χ4v) is 1.80. The number of carboxylic acid groups (broad SMARTS) is 1. The molecule has 18 heavy (non-hydrogen) atoms. The molecular weight excluding hydrogens is 228 g/mol. The van der Waals surface area contributed by atoms with Crippen LogP contribution in [0.1, 0.15) is 30.9 Å². The summed E-state index contributed by atoms with van der Waals surface area (Å²) in [5, 5.41) is 21.1. The molecule has 0 bridgehead atoms. The standard InChI is InChI=1S/C14H18N2O2/c1-3-4-11(14(17)18)9-16-13-6-5-10(2)7-12(13)8-15/h5-7,11,16H,3-4,9H2,1-2H3,(H,17,18). The number of nitriles is 1. The van der Waals surface area contributed by atoms with Gasteiger partial charge in [0.15, 0.2) is 0 Å². The van der Waals surface area contributed by atoms with Crippen LogP contribution in [-0.2, 0) is 4.79 Å². The van der Waals surface area contributed by atoms with Gasteiger partial charge in [-0.05, 0) is 31.0 Å². The Labute approximate surface area is 107 Å². The lowest BCUT2D eigenvalue weighted by molar-refractivity contribution is -0.141. The van der Waals surface area contributed by atoms with E-state index in [4.69, 9.17) is 10.4 Å². The second-order valence-electron chi connectivity index (χ2n) is 4.37. The Bertz CT molecular complexity index is 463. The number of hydrogen-bond donors (Lipinski definition) is 2. The number of rotatable bonds is 6. The minimum atomic E-state index is -0.796. The van der Waals surface area contributed by atoms with Crippen LogP contribution in [0, 0.1) is 24.2 Å². The molecule has 0 saturated carbocycles. The summed E-state index contributed by atoms with van der Waals surface area (Å²) in [4.78, 5) is 11.0. The Hall–Kier alpha value is -2.02. The second kappa shape index (κ2) is 6.65. The van der Waals surface area contributed by atoms with E-state index in [1.165, 1.54) is 0 Å². The molecule has 1 atom stereocenters. The number of nitrogens with one attached hydrogen (secondary N) is 1. The fraction of sp³-hybridized carbons (Fsp3) is 0.429. The average Bonchev–Trinajstić information content (AvgIpc) is 2.35. The largest absolute Gasteiger partial charge is 0.481 e. The molecule has 4 heteroatoms. The van der Waals surface area contributed by atoms with E-state index in [1.807, 2.05) is 26.0 Å². The maximum absolute atomic E-state index is 11.0. The van der Waals surface area contributed by atoms with Crippen LogP contribution in [0.5, 0.6) is 0 Å². The zero-order valence-electron chi connectivity index (χ0n) is 10.7. The Morgan fingerprint density at radius 2 is 2.28 bits per heavy atom. The second-order valence-corrected chi connectivity index (χ2v) is 4.37. The normalized spacial score (nSPS) is 11.6. The lowest BCUT2D eigenvalue weighted by atomic mass is 10.0. The third-order valence-corrected chi connectivity index (χ3v) is 2.82. The summed E-state index contributed by atoms with van der Waals surface area (Å²) in [5.74, 6) is -1.21. The molecule has 1 aromatic carbocycles. The molecule has 1 unspecified atom stereocenters. The van der Waals surface area contributed by atoms with Crippen molar-refractivity contribution in [1.82, 2.24) is 0 Å². The maximum atomic E-state index is 11.0. The lowest BCUT2D eigenvalue weighted by Gasteiger charge is -2.14. The van der Waals surface area contributed by atoms with Crippen molar-refractivity contribution in [1.29, 1.82) is 5.26 Å². The van der Waals surface area contributed by atoms with E-state index in [-0.39, 0.29) is 0 Å². The van der Waals surface area contributed by atoms with Crippen molar-refractivity contribution in [3.8, 4) is 6.07 Å². The zero-order valence-corrected chi connectivity index (χ0v) is 10.7. The van der Waals surface area contributed by atoms with E-state index >= 15 is 0 Å². The Balaban J connectivity index is 2.73. The van der Waals surface area contributed by atoms with Gasteiger partial charge in [0.2, 0.25) is 0 Å². The maximum Gasteiger partial charge on any atom is 0.308 e. The molecule has 0 aliphatic rings. The summed E-state index contributed by atoms with van der Waals surface area (Å²) in [6.07, 6.45) is 1.47. The fourth-order valence-electron chi connectivity index (χ4n) is 1.80. The van der Waals surface area contributed by atoms with Crippen LogP contribution in [0.4, 0.5) is 5.69 Å². The average molecular weight is 246 g/mol.